The molecule has 1 aromatic carbocycles. The number of rotatable bonds is 3. The van der Waals surface area contributed by atoms with Gasteiger partial charge in [0.2, 0.25) is 5.91 Å². The molecule has 1 N–H and O–H groups in total. The van der Waals surface area contributed by atoms with Crippen molar-refractivity contribution in [2.75, 3.05) is 16.8 Å². The van der Waals surface area contributed by atoms with Gasteiger partial charge in [-0.05, 0) is 98.9 Å². The molecule has 4 aliphatic carbocycles. The Balaban J connectivity index is 1.26. The maximum atomic E-state index is 13.4. The summed E-state index contributed by atoms with van der Waals surface area (Å²) in [6.07, 6.45) is 10.6. The van der Waals surface area contributed by atoms with Gasteiger partial charge in [-0.15, -0.1) is 0 Å². The number of anilines is 2. The summed E-state index contributed by atoms with van der Waals surface area (Å²) >= 11 is 0. The number of carbonyl (C=O) groups is 2. The molecule has 4 bridgehead atoms. The van der Waals surface area contributed by atoms with Gasteiger partial charge in [-0.25, -0.2) is 0 Å². The predicted octanol–water partition coefficient (Wildman–Crippen LogP) is 5.03. The minimum atomic E-state index is -0.172. The molecular weight excluding hydrogens is 376 g/mol. The van der Waals surface area contributed by atoms with Crippen LogP contribution in [0.25, 0.3) is 0 Å². The van der Waals surface area contributed by atoms with E-state index >= 15 is 0 Å². The number of nitrogens with one attached hydrogen (secondary N) is 1. The summed E-state index contributed by atoms with van der Waals surface area (Å²) in [5, 5.41) is 3.24. The van der Waals surface area contributed by atoms with Crippen molar-refractivity contribution in [3.63, 3.8) is 0 Å². The van der Waals surface area contributed by atoms with Gasteiger partial charge in [0.25, 0.3) is 5.91 Å². The number of amides is 2. The van der Waals surface area contributed by atoms with Crippen molar-refractivity contribution in [3.8, 4) is 0 Å². The third kappa shape index (κ3) is 2.90. The number of nitrogens with zero attached hydrogens (tertiary/aromatic N) is 1. The summed E-state index contributed by atoms with van der Waals surface area (Å²) in [5.41, 5.74) is 2.67. The van der Waals surface area contributed by atoms with Gasteiger partial charge in [0.15, 0.2) is 5.76 Å². The number of hydrogen-bond acceptors (Lipinski definition) is 3. The molecule has 30 heavy (non-hydrogen) atoms. The van der Waals surface area contributed by atoms with Crippen molar-refractivity contribution >= 4 is 23.2 Å². The van der Waals surface area contributed by atoms with Crippen molar-refractivity contribution < 1.29 is 14.0 Å². The van der Waals surface area contributed by atoms with Crippen LogP contribution in [0.3, 0.4) is 0 Å². The van der Waals surface area contributed by atoms with Crippen LogP contribution < -0.4 is 10.2 Å². The minimum Gasteiger partial charge on any atom is -0.459 e. The van der Waals surface area contributed by atoms with Crippen LogP contribution in [-0.4, -0.2) is 18.4 Å². The fourth-order valence-electron chi connectivity index (χ4n) is 7.05. The number of furan rings is 1. The zero-order chi connectivity index (χ0) is 20.3. The summed E-state index contributed by atoms with van der Waals surface area (Å²) in [4.78, 5) is 28.2. The molecule has 156 valence electrons. The fraction of sp³-hybridized carbons (Fsp3) is 0.520. The molecule has 7 rings (SSSR count). The van der Waals surface area contributed by atoms with Crippen LogP contribution in [0.4, 0.5) is 11.4 Å². The molecule has 1 aliphatic heterocycles. The van der Waals surface area contributed by atoms with E-state index < -0.39 is 0 Å². The molecule has 5 nitrogen and oxygen atoms in total. The van der Waals surface area contributed by atoms with E-state index in [-0.39, 0.29) is 17.2 Å². The fourth-order valence-corrected chi connectivity index (χ4v) is 7.05. The monoisotopic (exact) mass is 404 g/mol. The first-order valence-electron chi connectivity index (χ1n) is 11.4. The van der Waals surface area contributed by atoms with Crippen molar-refractivity contribution in [1.29, 1.82) is 0 Å². The van der Waals surface area contributed by atoms with Crippen molar-refractivity contribution in [2.45, 2.75) is 51.4 Å². The first kappa shape index (κ1) is 18.2. The minimum absolute atomic E-state index is 0.120. The summed E-state index contributed by atoms with van der Waals surface area (Å²) in [7, 11) is 0. The van der Waals surface area contributed by atoms with Crippen molar-refractivity contribution in [2.24, 2.45) is 23.2 Å². The lowest BCUT2D eigenvalue weighted by molar-refractivity contribution is -0.140. The number of benzene rings is 1. The molecule has 0 unspecified atom stereocenters. The van der Waals surface area contributed by atoms with Gasteiger partial charge in [-0.1, -0.05) is 6.07 Å². The highest BCUT2D eigenvalue weighted by atomic mass is 16.3. The maximum Gasteiger partial charge on any atom is 0.293 e. The Bertz CT molecular complexity index is 959. The highest BCUT2D eigenvalue weighted by Crippen LogP contribution is 2.60. The number of carbonyl (C=O) groups excluding carboxylic acids is 2. The third-order valence-electron chi connectivity index (χ3n) is 7.96. The zero-order valence-electron chi connectivity index (χ0n) is 17.2. The van der Waals surface area contributed by atoms with Gasteiger partial charge in [0.05, 0.1) is 11.7 Å². The van der Waals surface area contributed by atoms with E-state index in [0.717, 1.165) is 66.8 Å². The molecule has 2 amide bonds. The lowest BCUT2D eigenvalue weighted by Crippen LogP contribution is -2.51. The average molecular weight is 405 g/mol. The number of aryl methyl sites for hydroxylation is 1. The Hall–Kier alpha value is -2.56. The molecule has 0 saturated heterocycles. The van der Waals surface area contributed by atoms with Gasteiger partial charge in [0, 0.05) is 17.9 Å². The van der Waals surface area contributed by atoms with E-state index in [1.54, 1.807) is 17.0 Å². The zero-order valence-corrected chi connectivity index (χ0v) is 17.2. The molecule has 2 aromatic rings. The summed E-state index contributed by atoms with van der Waals surface area (Å²) in [6.45, 7) is 0.666. The Labute approximate surface area is 176 Å². The predicted molar refractivity (Wildman–Crippen MR) is 114 cm³/mol. The van der Waals surface area contributed by atoms with E-state index in [0.29, 0.717) is 12.3 Å². The quantitative estimate of drug-likeness (QED) is 0.781. The van der Waals surface area contributed by atoms with Crippen LogP contribution in [0.5, 0.6) is 0 Å². The van der Waals surface area contributed by atoms with E-state index in [1.807, 2.05) is 12.1 Å². The van der Waals surface area contributed by atoms with Crippen molar-refractivity contribution in [1.82, 2.24) is 0 Å². The average Bonchev–Trinajstić information content (AvgIpc) is 3.27. The van der Waals surface area contributed by atoms with Crippen LogP contribution in [0.1, 0.15) is 61.1 Å². The molecule has 4 fully saturated rings. The lowest BCUT2D eigenvalue weighted by atomic mass is 9.49. The smallest absolute Gasteiger partial charge is 0.293 e. The van der Waals surface area contributed by atoms with Crippen LogP contribution in [0, 0.1) is 23.2 Å². The van der Waals surface area contributed by atoms with Crippen LogP contribution in [-0.2, 0) is 11.2 Å². The van der Waals surface area contributed by atoms with E-state index in [2.05, 4.69) is 11.4 Å². The highest BCUT2D eigenvalue weighted by Gasteiger charge is 2.54. The molecule has 1 aromatic heterocycles. The Morgan fingerprint density at radius 2 is 1.77 bits per heavy atom. The largest absolute Gasteiger partial charge is 0.459 e. The summed E-state index contributed by atoms with van der Waals surface area (Å²) in [5.74, 6) is 2.66. The molecule has 0 spiro atoms. The van der Waals surface area contributed by atoms with E-state index in [9.17, 15) is 9.59 Å². The second-order valence-corrected chi connectivity index (χ2v) is 10.0. The topological polar surface area (TPSA) is 62.6 Å². The Morgan fingerprint density at radius 1 is 1.03 bits per heavy atom. The van der Waals surface area contributed by atoms with Crippen LogP contribution in [0.15, 0.2) is 41.0 Å². The van der Waals surface area contributed by atoms with Gasteiger partial charge >= 0.3 is 0 Å². The second kappa shape index (κ2) is 6.73. The molecule has 0 atom stereocenters. The molecule has 0 radical (unpaired) electrons. The van der Waals surface area contributed by atoms with Gasteiger partial charge < -0.3 is 14.6 Å². The van der Waals surface area contributed by atoms with Gasteiger partial charge in [-0.3, -0.25) is 9.59 Å². The summed E-state index contributed by atoms with van der Waals surface area (Å²) < 4.78 is 5.34. The van der Waals surface area contributed by atoms with Crippen LogP contribution in [0.2, 0.25) is 0 Å². The highest BCUT2D eigenvalue weighted by molar-refractivity contribution is 6.05. The van der Waals surface area contributed by atoms with Crippen molar-refractivity contribution in [3.05, 3.63) is 47.9 Å². The molecule has 2 heterocycles. The number of hydrogen-bond donors (Lipinski definition) is 1. The third-order valence-corrected chi connectivity index (χ3v) is 7.96. The SMILES string of the molecule is O=C(c1ccco1)N1CCCc2ccc(NC(=O)C34CC5CC(CC(C5)C3)C4)cc21. The normalized spacial score (nSPS) is 31.5. The van der Waals surface area contributed by atoms with Gasteiger partial charge in [0.1, 0.15) is 0 Å². The number of fused-ring (bicyclic) bond motifs is 1. The Kier molecular flexibility index (Phi) is 4.09. The first-order valence-corrected chi connectivity index (χ1v) is 11.4. The molecule has 4 saturated carbocycles. The standard InChI is InChI=1S/C25H28N2O3/c28-23(22-4-2-8-30-22)27-7-1-3-19-5-6-20(12-21(19)27)26-24(29)25-13-16-9-17(14-25)11-18(10-16)15-25/h2,4-6,8,12,16-18H,1,3,7,9-11,13-15H2,(H,26,29). The maximum absolute atomic E-state index is 13.4. The summed E-state index contributed by atoms with van der Waals surface area (Å²) in [6, 6.07) is 9.48. The van der Waals surface area contributed by atoms with Crippen LogP contribution >= 0.6 is 0 Å². The lowest BCUT2D eigenvalue weighted by Gasteiger charge is -2.55. The first-order chi connectivity index (χ1) is 14.6. The van der Waals surface area contributed by atoms with E-state index in [4.69, 9.17) is 4.42 Å². The Morgan fingerprint density at radius 3 is 2.43 bits per heavy atom. The molecule has 5 aliphatic rings. The molecule has 5 heteroatoms. The molecular formula is C25H28N2O3. The second-order valence-electron chi connectivity index (χ2n) is 10.0. The van der Waals surface area contributed by atoms with Gasteiger partial charge in [-0.2, -0.15) is 0 Å². The van der Waals surface area contributed by atoms with E-state index in [1.165, 1.54) is 25.5 Å².